The molecule has 2 N–H and O–H groups in total. The van der Waals surface area contributed by atoms with Crippen molar-refractivity contribution in [3.63, 3.8) is 0 Å². The lowest BCUT2D eigenvalue weighted by molar-refractivity contribution is -0.133. The van der Waals surface area contributed by atoms with Crippen molar-refractivity contribution in [2.75, 3.05) is 92.9 Å². The van der Waals surface area contributed by atoms with Gasteiger partial charge in [0, 0.05) is 102 Å². The molecule has 0 heterocycles. The first-order chi connectivity index (χ1) is 30.0. The van der Waals surface area contributed by atoms with Crippen molar-refractivity contribution >= 4 is 58.1 Å². The van der Waals surface area contributed by atoms with Crippen LogP contribution in [0.4, 0.5) is 0 Å². The van der Waals surface area contributed by atoms with Crippen LogP contribution < -0.4 is 10.6 Å². The van der Waals surface area contributed by atoms with Crippen molar-refractivity contribution in [3.8, 4) is 0 Å². The number of hydrogen-bond acceptors (Lipinski definition) is 16. The highest BCUT2D eigenvalue weighted by Crippen LogP contribution is 2.24. The summed E-state index contributed by atoms with van der Waals surface area (Å²) in [6, 6.07) is 0. The number of carbonyl (C=O) groups is 10. The lowest BCUT2D eigenvalue weighted by atomic mass is 9.83. The van der Waals surface area contributed by atoms with Gasteiger partial charge in [0.25, 0.3) is 0 Å². The van der Waals surface area contributed by atoms with E-state index in [0.717, 1.165) is 0 Å². The average molecular weight is 899 g/mol. The van der Waals surface area contributed by atoms with E-state index in [4.69, 9.17) is 28.4 Å². The Kier molecular flexibility index (Phi) is 35.1. The Morgan fingerprint density at radius 3 is 1.41 bits per heavy atom. The third-order valence-corrected chi connectivity index (χ3v) is 10.0. The maximum atomic E-state index is 13.4. The highest BCUT2D eigenvalue weighted by Gasteiger charge is 2.28. The predicted molar refractivity (Wildman–Crippen MR) is 230 cm³/mol. The Morgan fingerprint density at radius 1 is 0.444 bits per heavy atom. The van der Waals surface area contributed by atoms with E-state index in [1.165, 1.54) is 27.7 Å². The Bertz CT molecular complexity index is 1430. The number of ether oxygens (including phenoxy) is 6. The number of amides is 2. The molecule has 0 rings (SSSR count). The molecule has 2 amide bonds. The van der Waals surface area contributed by atoms with Crippen molar-refractivity contribution in [1.29, 1.82) is 0 Å². The molecule has 4 atom stereocenters. The van der Waals surface area contributed by atoms with Crippen LogP contribution in [0.5, 0.6) is 0 Å². The summed E-state index contributed by atoms with van der Waals surface area (Å²) >= 11 is 0. The predicted octanol–water partition coefficient (Wildman–Crippen LogP) is 2.75. The van der Waals surface area contributed by atoms with E-state index < -0.39 is 29.5 Å². The molecule has 18 nitrogen and oxygen atoms in total. The normalized spacial score (nSPS) is 13.0. The minimum absolute atomic E-state index is 0.0162. The molecular formula is C45H74N2O16. The summed E-state index contributed by atoms with van der Waals surface area (Å²) in [7, 11) is 1.55. The van der Waals surface area contributed by atoms with Gasteiger partial charge in [0.2, 0.25) is 11.8 Å². The Labute approximate surface area is 372 Å². The Balaban J connectivity index is 4.99. The largest absolute Gasteiger partial charge is 0.382 e. The van der Waals surface area contributed by atoms with E-state index in [1.54, 1.807) is 7.11 Å². The van der Waals surface area contributed by atoms with E-state index in [1.807, 2.05) is 6.92 Å². The van der Waals surface area contributed by atoms with Gasteiger partial charge < -0.3 is 48.6 Å². The summed E-state index contributed by atoms with van der Waals surface area (Å²) < 4.78 is 31.8. The van der Waals surface area contributed by atoms with Crippen LogP contribution in [-0.2, 0) is 76.4 Å². The first-order valence-corrected chi connectivity index (χ1v) is 22.0. The fraction of sp³-hybridized carbons (Fsp3) is 0.778. The van der Waals surface area contributed by atoms with Gasteiger partial charge in [0.05, 0.1) is 52.9 Å². The second-order valence-corrected chi connectivity index (χ2v) is 15.6. The molecule has 0 aliphatic carbocycles. The summed E-state index contributed by atoms with van der Waals surface area (Å²) in [4.78, 5) is 125. The van der Waals surface area contributed by atoms with Crippen molar-refractivity contribution in [2.45, 2.75) is 112 Å². The van der Waals surface area contributed by atoms with Gasteiger partial charge >= 0.3 is 0 Å². The van der Waals surface area contributed by atoms with Gasteiger partial charge in [0.15, 0.2) is 11.6 Å². The van der Waals surface area contributed by atoms with E-state index in [2.05, 4.69) is 10.6 Å². The first kappa shape index (κ1) is 59.1. The number of carbonyl (C=O) groups excluding carboxylic acids is 10. The molecule has 0 spiro atoms. The molecule has 0 fully saturated rings. The number of rotatable bonds is 44. The highest BCUT2D eigenvalue weighted by molar-refractivity contribution is 5.93. The molecule has 4 unspecified atom stereocenters. The van der Waals surface area contributed by atoms with Gasteiger partial charge in [-0.3, -0.25) is 38.4 Å². The second kappa shape index (κ2) is 37.4. The molecule has 0 bridgehead atoms. The summed E-state index contributed by atoms with van der Waals surface area (Å²) in [6.07, 6.45) is 0.178. The summed E-state index contributed by atoms with van der Waals surface area (Å²) in [5.41, 5.74) is 0. The van der Waals surface area contributed by atoms with Crippen molar-refractivity contribution in [3.05, 3.63) is 0 Å². The highest BCUT2D eigenvalue weighted by atomic mass is 16.5. The fourth-order valence-electron chi connectivity index (χ4n) is 6.29. The van der Waals surface area contributed by atoms with Gasteiger partial charge in [0.1, 0.15) is 47.9 Å². The first-order valence-electron chi connectivity index (χ1n) is 22.0. The van der Waals surface area contributed by atoms with Gasteiger partial charge in [-0.2, -0.15) is 0 Å². The number of Topliss-reactive ketones (excluding diaryl/α,β-unsaturated/α-hetero) is 8. The van der Waals surface area contributed by atoms with E-state index in [9.17, 15) is 47.9 Å². The van der Waals surface area contributed by atoms with Crippen LogP contribution in [-0.4, -0.2) is 151 Å². The topological polar surface area (TPSA) is 250 Å². The monoisotopic (exact) mass is 899 g/mol. The molecular weight excluding hydrogens is 824 g/mol. The molecule has 0 aromatic rings. The molecule has 0 aromatic heterocycles. The van der Waals surface area contributed by atoms with Crippen molar-refractivity contribution in [1.82, 2.24) is 10.6 Å². The zero-order valence-electron chi connectivity index (χ0n) is 38.5. The van der Waals surface area contributed by atoms with Crippen LogP contribution in [0.1, 0.15) is 112 Å². The molecule has 63 heavy (non-hydrogen) atoms. The van der Waals surface area contributed by atoms with E-state index in [0.29, 0.717) is 26.4 Å². The average Bonchev–Trinajstić information content (AvgIpc) is 3.22. The van der Waals surface area contributed by atoms with Crippen LogP contribution in [0.25, 0.3) is 0 Å². The molecule has 0 radical (unpaired) electrons. The van der Waals surface area contributed by atoms with Crippen LogP contribution in [0.3, 0.4) is 0 Å². The summed E-state index contributed by atoms with van der Waals surface area (Å²) in [5.74, 6) is -5.71. The van der Waals surface area contributed by atoms with Crippen molar-refractivity contribution < 1.29 is 76.4 Å². The van der Waals surface area contributed by atoms with Crippen molar-refractivity contribution in [2.24, 2.45) is 23.7 Å². The van der Waals surface area contributed by atoms with Crippen LogP contribution in [0.2, 0.25) is 0 Å². The standard InChI is InChI=1S/C45H74N2O16/c1-7-59-22-24-62-31-42(54)28-39(45(57)47-17-19-60-21-20-58-6)13-15-44(56)46-16-18-61-23-25-63-30-41(53)27-38(43(55)29-37(35(5)51)11-9-33(3)49)12-14-40(52)26-36(34(4)50)10-8-32(2)48/h36-39H,7-31H2,1-6H3,(H,46,56)(H,47,57). The maximum absolute atomic E-state index is 13.4. The number of methoxy groups -OCH3 is 1. The Hall–Kier alpha value is -3.94. The molecule has 0 saturated carbocycles. The lowest BCUT2D eigenvalue weighted by Crippen LogP contribution is -2.36. The molecule has 360 valence electrons. The van der Waals surface area contributed by atoms with Crippen LogP contribution >= 0.6 is 0 Å². The van der Waals surface area contributed by atoms with Gasteiger partial charge in [-0.15, -0.1) is 0 Å². The zero-order chi connectivity index (χ0) is 47.4. The molecule has 0 saturated heterocycles. The lowest BCUT2D eigenvalue weighted by Gasteiger charge is -2.19. The SMILES string of the molecule is CCOCCOCC(=O)CC(CCC(=O)NCCOCCOCC(=O)CC(CCC(=O)CC(CCC(C)=O)C(C)=O)C(=O)CC(CCC(C)=O)C(C)=O)C(=O)NCCOCCOC. The fourth-order valence-corrected chi connectivity index (χ4v) is 6.29. The minimum Gasteiger partial charge on any atom is -0.382 e. The maximum Gasteiger partial charge on any atom is 0.223 e. The third-order valence-electron chi connectivity index (χ3n) is 10.0. The van der Waals surface area contributed by atoms with E-state index >= 15 is 0 Å². The summed E-state index contributed by atoms with van der Waals surface area (Å²) in [6.45, 7) is 9.60. The zero-order valence-corrected chi connectivity index (χ0v) is 38.5. The smallest absolute Gasteiger partial charge is 0.223 e. The van der Waals surface area contributed by atoms with Crippen LogP contribution in [0.15, 0.2) is 0 Å². The van der Waals surface area contributed by atoms with Gasteiger partial charge in [-0.1, -0.05) is 0 Å². The quantitative estimate of drug-likeness (QED) is 0.0835. The van der Waals surface area contributed by atoms with E-state index in [-0.39, 0.29) is 189 Å². The molecule has 18 heteroatoms. The minimum atomic E-state index is -0.891. The van der Waals surface area contributed by atoms with Crippen LogP contribution in [0, 0.1) is 23.7 Å². The number of hydrogen-bond donors (Lipinski definition) is 2. The third kappa shape index (κ3) is 33.3. The van der Waals surface area contributed by atoms with Gasteiger partial charge in [-0.05, 0) is 60.3 Å². The summed E-state index contributed by atoms with van der Waals surface area (Å²) in [5, 5.41) is 5.45. The second-order valence-electron chi connectivity index (χ2n) is 15.6. The Morgan fingerprint density at radius 2 is 0.889 bits per heavy atom. The van der Waals surface area contributed by atoms with Gasteiger partial charge in [-0.25, -0.2) is 0 Å². The molecule has 0 aliphatic rings. The number of nitrogens with one attached hydrogen (secondary N) is 2. The number of ketones is 8. The molecule has 0 aromatic carbocycles. The molecule has 0 aliphatic heterocycles.